The molecule has 6 nitrogen and oxygen atoms in total. The van der Waals surface area contributed by atoms with E-state index in [0.717, 1.165) is 17.7 Å². The number of carbonyl (C=O) groups is 2. The largest absolute Gasteiger partial charge is 0.384 e. The van der Waals surface area contributed by atoms with Gasteiger partial charge in [0.25, 0.3) is 0 Å². The number of para-hydroxylation sites is 1. The van der Waals surface area contributed by atoms with Crippen LogP contribution in [0.5, 0.6) is 0 Å². The SMILES string of the molecule is CNC(=O)NC(=O)C(C)Nc1ccccc1CCOC. The highest BCUT2D eigenvalue weighted by molar-refractivity contribution is 5.97. The van der Waals surface area contributed by atoms with Gasteiger partial charge >= 0.3 is 6.03 Å². The number of urea groups is 1. The van der Waals surface area contributed by atoms with Crippen LogP contribution in [0.15, 0.2) is 24.3 Å². The molecule has 0 saturated heterocycles. The Kier molecular flexibility index (Phi) is 6.52. The number of hydrogen-bond acceptors (Lipinski definition) is 4. The molecule has 1 rings (SSSR count). The molecular weight excluding hydrogens is 258 g/mol. The summed E-state index contributed by atoms with van der Waals surface area (Å²) in [7, 11) is 3.11. The number of amides is 3. The Morgan fingerprint density at radius 2 is 2.00 bits per heavy atom. The average molecular weight is 279 g/mol. The third-order valence-electron chi connectivity index (χ3n) is 2.82. The molecular formula is C14H21N3O3. The number of methoxy groups -OCH3 is 1. The molecule has 110 valence electrons. The zero-order chi connectivity index (χ0) is 15.0. The summed E-state index contributed by atoms with van der Waals surface area (Å²) in [5, 5.41) is 7.68. The van der Waals surface area contributed by atoms with E-state index in [4.69, 9.17) is 4.74 Å². The molecule has 0 aromatic heterocycles. The van der Waals surface area contributed by atoms with Gasteiger partial charge < -0.3 is 15.4 Å². The number of carbonyl (C=O) groups excluding carboxylic acids is 2. The second kappa shape index (κ2) is 8.16. The smallest absolute Gasteiger partial charge is 0.321 e. The van der Waals surface area contributed by atoms with Crippen LogP contribution in [0.2, 0.25) is 0 Å². The molecule has 3 N–H and O–H groups in total. The number of rotatable bonds is 6. The maximum atomic E-state index is 11.8. The summed E-state index contributed by atoms with van der Waals surface area (Å²) in [4.78, 5) is 22.9. The highest BCUT2D eigenvalue weighted by Gasteiger charge is 2.15. The van der Waals surface area contributed by atoms with E-state index in [-0.39, 0.29) is 5.91 Å². The van der Waals surface area contributed by atoms with E-state index in [1.807, 2.05) is 24.3 Å². The van der Waals surface area contributed by atoms with Gasteiger partial charge in [0.15, 0.2) is 0 Å². The van der Waals surface area contributed by atoms with Crippen LogP contribution in [-0.2, 0) is 16.0 Å². The summed E-state index contributed by atoms with van der Waals surface area (Å²) in [6.45, 7) is 2.31. The van der Waals surface area contributed by atoms with E-state index in [0.29, 0.717) is 6.61 Å². The molecule has 3 amide bonds. The summed E-state index contributed by atoms with van der Waals surface area (Å²) < 4.78 is 5.06. The first-order valence-electron chi connectivity index (χ1n) is 6.44. The summed E-state index contributed by atoms with van der Waals surface area (Å²) in [5.41, 5.74) is 1.93. The monoisotopic (exact) mass is 279 g/mol. The molecule has 1 atom stereocenters. The van der Waals surface area contributed by atoms with Gasteiger partial charge in [0.1, 0.15) is 6.04 Å². The van der Waals surface area contributed by atoms with Gasteiger partial charge in [-0.1, -0.05) is 18.2 Å². The molecule has 0 spiro atoms. The van der Waals surface area contributed by atoms with Crippen LogP contribution in [0.25, 0.3) is 0 Å². The third kappa shape index (κ3) is 4.89. The van der Waals surface area contributed by atoms with Gasteiger partial charge in [-0.25, -0.2) is 4.79 Å². The van der Waals surface area contributed by atoms with Crippen LogP contribution >= 0.6 is 0 Å². The lowest BCUT2D eigenvalue weighted by Gasteiger charge is -2.17. The first-order valence-corrected chi connectivity index (χ1v) is 6.44. The van der Waals surface area contributed by atoms with Crippen LogP contribution in [0.1, 0.15) is 12.5 Å². The predicted octanol–water partition coefficient (Wildman–Crippen LogP) is 1.13. The molecule has 0 bridgehead atoms. The maximum Gasteiger partial charge on any atom is 0.321 e. The van der Waals surface area contributed by atoms with Crippen molar-refractivity contribution in [1.82, 2.24) is 10.6 Å². The van der Waals surface area contributed by atoms with Crippen molar-refractivity contribution in [1.29, 1.82) is 0 Å². The van der Waals surface area contributed by atoms with Gasteiger partial charge in [-0.2, -0.15) is 0 Å². The van der Waals surface area contributed by atoms with E-state index in [9.17, 15) is 9.59 Å². The minimum atomic E-state index is -0.518. The Bertz CT molecular complexity index is 463. The molecule has 1 aromatic rings. The minimum absolute atomic E-state index is 0.383. The van der Waals surface area contributed by atoms with Crippen LogP contribution in [-0.4, -0.2) is 38.7 Å². The Morgan fingerprint density at radius 3 is 2.65 bits per heavy atom. The maximum absolute atomic E-state index is 11.8. The van der Waals surface area contributed by atoms with Crippen LogP contribution in [0, 0.1) is 0 Å². The molecule has 0 fully saturated rings. The lowest BCUT2D eigenvalue weighted by atomic mass is 10.1. The molecule has 0 heterocycles. The minimum Gasteiger partial charge on any atom is -0.384 e. The fourth-order valence-corrected chi connectivity index (χ4v) is 1.67. The van der Waals surface area contributed by atoms with Gasteiger partial charge in [0.2, 0.25) is 5.91 Å². The highest BCUT2D eigenvalue weighted by Crippen LogP contribution is 2.16. The van der Waals surface area contributed by atoms with E-state index < -0.39 is 12.1 Å². The van der Waals surface area contributed by atoms with Gasteiger partial charge in [0, 0.05) is 19.8 Å². The molecule has 1 unspecified atom stereocenters. The van der Waals surface area contributed by atoms with Gasteiger partial charge in [-0.15, -0.1) is 0 Å². The van der Waals surface area contributed by atoms with Crippen molar-refractivity contribution in [2.24, 2.45) is 0 Å². The number of anilines is 1. The average Bonchev–Trinajstić information content (AvgIpc) is 2.46. The number of imide groups is 1. The van der Waals surface area contributed by atoms with Gasteiger partial charge in [0.05, 0.1) is 6.61 Å². The standard InChI is InChI=1S/C14H21N3O3/c1-10(13(18)17-14(19)15-2)16-12-7-5-4-6-11(12)8-9-20-3/h4-7,10,16H,8-9H2,1-3H3,(H2,15,17,18,19). The molecule has 0 aliphatic carbocycles. The van der Waals surface area contributed by atoms with Crippen molar-refractivity contribution in [3.63, 3.8) is 0 Å². The van der Waals surface area contributed by atoms with Gasteiger partial charge in [-0.05, 0) is 25.0 Å². The molecule has 20 heavy (non-hydrogen) atoms. The van der Waals surface area contributed by atoms with Crippen LogP contribution in [0.4, 0.5) is 10.5 Å². The van der Waals surface area contributed by atoms with Crippen molar-refractivity contribution in [2.45, 2.75) is 19.4 Å². The van der Waals surface area contributed by atoms with E-state index in [1.165, 1.54) is 7.05 Å². The topological polar surface area (TPSA) is 79.5 Å². The lowest BCUT2D eigenvalue weighted by Crippen LogP contribution is -2.44. The summed E-state index contributed by atoms with van der Waals surface area (Å²) in [5.74, 6) is -0.383. The molecule has 0 saturated carbocycles. The van der Waals surface area contributed by atoms with Crippen molar-refractivity contribution in [3.8, 4) is 0 Å². The second-order valence-electron chi connectivity index (χ2n) is 4.33. The summed E-state index contributed by atoms with van der Waals surface area (Å²) in [6, 6.07) is 6.67. The lowest BCUT2D eigenvalue weighted by molar-refractivity contribution is -0.120. The quantitative estimate of drug-likeness (QED) is 0.729. The van der Waals surface area contributed by atoms with Crippen molar-refractivity contribution < 1.29 is 14.3 Å². The number of hydrogen-bond donors (Lipinski definition) is 3. The number of benzene rings is 1. The summed E-state index contributed by atoms with van der Waals surface area (Å²) >= 11 is 0. The normalized spacial score (nSPS) is 11.6. The van der Waals surface area contributed by atoms with Gasteiger partial charge in [-0.3, -0.25) is 10.1 Å². The molecule has 1 aromatic carbocycles. The van der Waals surface area contributed by atoms with Crippen molar-refractivity contribution >= 4 is 17.6 Å². The first kappa shape index (κ1) is 16.0. The molecule has 0 radical (unpaired) electrons. The fraction of sp³-hybridized carbons (Fsp3) is 0.429. The van der Waals surface area contributed by atoms with Crippen molar-refractivity contribution in [2.75, 3.05) is 26.1 Å². The highest BCUT2D eigenvalue weighted by atomic mass is 16.5. The molecule has 6 heteroatoms. The van der Waals surface area contributed by atoms with E-state index >= 15 is 0 Å². The Labute approximate surface area is 118 Å². The third-order valence-corrected chi connectivity index (χ3v) is 2.82. The first-order chi connectivity index (χ1) is 9.58. The zero-order valence-corrected chi connectivity index (χ0v) is 12.0. The summed E-state index contributed by atoms with van der Waals surface area (Å²) in [6.07, 6.45) is 0.753. The molecule has 0 aliphatic heterocycles. The molecule has 0 aliphatic rings. The van der Waals surface area contributed by atoms with Crippen molar-refractivity contribution in [3.05, 3.63) is 29.8 Å². The van der Waals surface area contributed by atoms with Crippen LogP contribution < -0.4 is 16.0 Å². The zero-order valence-electron chi connectivity index (χ0n) is 12.0. The van der Waals surface area contributed by atoms with Crippen LogP contribution in [0.3, 0.4) is 0 Å². The van der Waals surface area contributed by atoms with E-state index in [2.05, 4.69) is 16.0 Å². The Morgan fingerprint density at radius 1 is 1.30 bits per heavy atom. The number of nitrogens with one attached hydrogen (secondary N) is 3. The predicted molar refractivity (Wildman–Crippen MR) is 77.7 cm³/mol. The number of ether oxygens (including phenoxy) is 1. The Balaban J connectivity index is 2.67. The second-order valence-corrected chi connectivity index (χ2v) is 4.33. The van der Waals surface area contributed by atoms with E-state index in [1.54, 1.807) is 14.0 Å². The Hall–Kier alpha value is -2.08. The fourth-order valence-electron chi connectivity index (χ4n) is 1.67.